The molecule has 12 heteroatoms. The van der Waals surface area contributed by atoms with Crippen LogP contribution in [0.3, 0.4) is 0 Å². The monoisotopic (exact) mass is 482 g/mol. The number of aromatic nitrogens is 3. The highest BCUT2D eigenvalue weighted by molar-refractivity contribution is 7.99. The van der Waals surface area contributed by atoms with Crippen LogP contribution < -0.4 is 0 Å². The molecule has 0 aliphatic rings. The number of methoxy groups -OCH3 is 1. The zero-order valence-corrected chi connectivity index (χ0v) is 19.1. The van der Waals surface area contributed by atoms with Crippen LogP contribution in [0, 0.1) is 10.1 Å². The van der Waals surface area contributed by atoms with Crippen molar-refractivity contribution in [2.45, 2.75) is 27.9 Å². The van der Waals surface area contributed by atoms with E-state index >= 15 is 0 Å². The van der Waals surface area contributed by atoms with Gasteiger partial charge in [-0.1, -0.05) is 23.7 Å². The number of halogens is 1. The van der Waals surface area contributed by atoms with Gasteiger partial charge in [0.25, 0.3) is 5.69 Å². The van der Waals surface area contributed by atoms with Gasteiger partial charge in [0.15, 0.2) is 20.8 Å². The summed E-state index contributed by atoms with van der Waals surface area (Å²) in [7, 11) is -1.98. The van der Waals surface area contributed by atoms with E-state index in [0.29, 0.717) is 41.1 Å². The van der Waals surface area contributed by atoms with Crippen molar-refractivity contribution in [2.24, 2.45) is 0 Å². The van der Waals surface area contributed by atoms with Crippen LogP contribution in [-0.2, 0) is 21.1 Å². The number of nitro benzene ring substituents is 1. The van der Waals surface area contributed by atoms with E-state index in [-0.39, 0.29) is 15.5 Å². The van der Waals surface area contributed by atoms with E-state index in [0.717, 1.165) is 24.1 Å². The number of ether oxygens (including phenoxy) is 1. The fraction of sp³-hybridized carbons (Fsp3) is 0.263. The number of rotatable bonds is 9. The Bertz CT molecular complexity index is 1210. The molecule has 0 radical (unpaired) electrons. The summed E-state index contributed by atoms with van der Waals surface area (Å²) in [6.45, 7) is 1.01. The molecule has 0 aliphatic heterocycles. The van der Waals surface area contributed by atoms with Crippen LogP contribution in [0.5, 0.6) is 0 Å². The van der Waals surface area contributed by atoms with Crippen LogP contribution in [0.15, 0.2) is 57.4 Å². The molecule has 0 spiro atoms. The molecule has 1 aromatic heterocycles. The average molecular weight is 483 g/mol. The number of nitrogens with zero attached hydrogens (tertiary/aromatic N) is 4. The van der Waals surface area contributed by atoms with E-state index < -0.39 is 14.8 Å². The number of nitro groups is 1. The first kappa shape index (κ1) is 23.2. The molecule has 164 valence electrons. The molecule has 0 N–H and O–H groups in total. The van der Waals surface area contributed by atoms with Crippen LogP contribution in [0.2, 0.25) is 5.02 Å². The minimum absolute atomic E-state index is 0.123. The summed E-state index contributed by atoms with van der Waals surface area (Å²) in [4.78, 5) is 11.1. The maximum atomic E-state index is 11.8. The van der Waals surface area contributed by atoms with E-state index in [1.54, 1.807) is 19.2 Å². The molecular formula is C19H19ClN4O5S2. The summed E-state index contributed by atoms with van der Waals surface area (Å²) in [5, 5.41) is 21.0. The smallest absolute Gasteiger partial charge is 0.284 e. The van der Waals surface area contributed by atoms with Crippen LogP contribution in [0.4, 0.5) is 5.69 Å². The third-order valence-corrected chi connectivity index (χ3v) is 6.81. The molecule has 0 unspecified atom stereocenters. The molecule has 0 saturated carbocycles. The molecule has 3 aromatic rings. The van der Waals surface area contributed by atoms with E-state index in [1.807, 2.05) is 16.7 Å². The van der Waals surface area contributed by atoms with E-state index in [4.69, 9.17) is 16.3 Å². The summed E-state index contributed by atoms with van der Waals surface area (Å²) in [5.74, 6) is 0.527. The van der Waals surface area contributed by atoms with Gasteiger partial charge >= 0.3 is 0 Å². The first-order valence-corrected chi connectivity index (χ1v) is 12.1. The maximum absolute atomic E-state index is 11.8. The number of hydrogen-bond acceptors (Lipinski definition) is 8. The Morgan fingerprint density at radius 1 is 1.23 bits per heavy atom. The van der Waals surface area contributed by atoms with Gasteiger partial charge in [-0.25, -0.2) is 8.42 Å². The maximum Gasteiger partial charge on any atom is 0.284 e. The highest BCUT2D eigenvalue weighted by Gasteiger charge is 2.23. The van der Waals surface area contributed by atoms with Crippen LogP contribution in [0.1, 0.15) is 6.42 Å². The number of sulfone groups is 1. The van der Waals surface area contributed by atoms with Crippen molar-refractivity contribution in [2.75, 3.05) is 20.0 Å². The minimum atomic E-state index is -3.58. The van der Waals surface area contributed by atoms with Crippen molar-refractivity contribution in [3.63, 3.8) is 0 Å². The Kier molecular flexibility index (Phi) is 7.31. The lowest BCUT2D eigenvalue weighted by Gasteiger charge is -2.11. The van der Waals surface area contributed by atoms with Gasteiger partial charge in [0.2, 0.25) is 0 Å². The van der Waals surface area contributed by atoms with Crippen molar-refractivity contribution >= 4 is 38.9 Å². The summed E-state index contributed by atoms with van der Waals surface area (Å²) < 4.78 is 30.5. The van der Waals surface area contributed by atoms with E-state index in [9.17, 15) is 18.5 Å². The zero-order chi connectivity index (χ0) is 22.6. The topological polar surface area (TPSA) is 117 Å². The van der Waals surface area contributed by atoms with Crippen molar-refractivity contribution in [3.8, 4) is 11.4 Å². The molecule has 9 nitrogen and oxygen atoms in total. The zero-order valence-electron chi connectivity index (χ0n) is 16.7. The van der Waals surface area contributed by atoms with Crippen molar-refractivity contribution in [1.29, 1.82) is 0 Å². The van der Waals surface area contributed by atoms with Gasteiger partial charge in [0, 0.05) is 38.1 Å². The minimum Gasteiger partial charge on any atom is -0.385 e. The quantitative estimate of drug-likeness (QED) is 0.254. The Labute approximate surface area is 188 Å². The lowest BCUT2D eigenvalue weighted by atomic mass is 10.2. The largest absolute Gasteiger partial charge is 0.385 e. The molecule has 3 rings (SSSR count). The van der Waals surface area contributed by atoms with Crippen LogP contribution >= 0.6 is 23.4 Å². The van der Waals surface area contributed by atoms with Gasteiger partial charge in [-0.3, -0.25) is 10.1 Å². The highest BCUT2D eigenvalue weighted by Crippen LogP contribution is 2.37. The third kappa shape index (κ3) is 5.42. The lowest BCUT2D eigenvalue weighted by molar-refractivity contribution is -0.388. The Morgan fingerprint density at radius 2 is 1.97 bits per heavy atom. The molecule has 0 aliphatic carbocycles. The van der Waals surface area contributed by atoms with Crippen molar-refractivity contribution in [1.82, 2.24) is 14.8 Å². The van der Waals surface area contributed by atoms with Gasteiger partial charge in [-0.2, -0.15) is 0 Å². The normalized spacial score (nSPS) is 11.6. The van der Waals surface area contributed by atoms with Crippen LogP contribution in [-0.4, -0.2) is 48.1 Å². The lowest BCUT2D eigenvalue weighted by Crippen LogP contribution is -2.06. The van der Waals surface area contributed by atoms with E-state index in [1.165, 1.54) is 12.1 Å². The van der Waals surface area contributed by atoms with Gasteiger partial charge in [-0.15, -0.1) is 10.2 Å². The van der Waals surface area contributed by atoms with Crippen LogP contribution in [0.25, 0.3) is 11.4 Å². The molecular weight excluding hydrogens is 464 g/mol. The second-order valence-corrected chi connectivity index (χ2v) is 9.98. The first-order chi connectivity index (χ1) is 14.7. The Balaban J connectivity index is 2.05. The molecule has 0 fully saturated rings. The molecule has 0 atom stereocenters. The first-order valence-electron chi connectivity index (χ1n) is 9.05. The Morgan fingerprint density at radius 3 is 2.61 bits per heavy atom. The fourth-order valence-electron chi connectivity index (χ4n) is 2.83. The van der Waals surface area contributed by atoms with E-state index in [2.05, 4.69) is 10.2 Å². The predicted molar refractivity (Wildman–Crippen MR) is 117 cm³/mol. The highest BCUT2D eigenvalue weighted by atomic mass is 35.5. The predicted octanol–water partition coefficient (Wildman–Crippen LogP) is 4.10. The van der Waals surface area contributed by atoms with Gasteiger partial charge in [-0.05, 0) is 42.4 Å². The molecule has 0 bridgehead atoms. The molecule has 2 aromatic carbocycles. The molecule has 31 heavy (non-hydrogen) atoms. The molecule has 0 amide bonds. The summed E-state index contributed by atoms with van der Waals surface area (Å²) in [6.07, 6.45) is 1.66. The second kappa shape index (κ2) is 9.77. The molecule has 0 saturated heterocycles. The summed E-state index contributed by atoms with van der Waals surface area (Å²) >= 11 is 7.37. The van der Waals surface area contributed by atoms with Gasteiger partial charge in [0.1, 0.15) is 0 Å². The average Bonchev–Trinajstić information content (AvgIpc) is 3.10. The SMILES string of the molecule is COCCCn1c(Sc2ccc(S(C)(=O)=O)cc2[N+](=O)[O-])nnc1-c1ccccc1Cl. The molecule has 1 heterocycles. The van der Waals surface area contributed by atoms with Crippen molar-refractivity contribution < 1.29 is 18.1 Å². The van der Waals surface area contributed by atoms with Gasteiger partial charge < -0.3 is 9.30 Å². The third-order valence-electron chi connectivity index (χ3n) is 4.32. The second-order valence-electron chi connectivity index (χ2n) is 6.54. The van der Waals surface area contributed by atoms with Crippen molar-refractivity contribution in [3.05, 3.63) is 57.6 Å². The fourth-order valence-corrected chi connectivity index (χ4v) is 4.63. The number of hydrogen-bond donors (Lipinski definition) is 0. The van der Waals surface area contributed by atoms with Gasteiger partial charge in [0.05, 0.1) is 19.7 Å². The number of benzene rings is 2. The Hall–Kier alpha value is -2.47. The standard InChI is InChI=1S/C19H19ClN4O5S2/c1-29-11-5-10-23-18(14-6-3-4-7-15(14)20)21-22-19(23)30-17-9-8-13(31(2,27)28)12-16(17)24(25)26/h3-4,6-9,12H,5,10-11H2,1-2H3. The summed E-state index contributed by atoms with van der Waals surface area (Å²) in [6, 6.07) is 11.0. The summed E-state index contributed by atoms with van der Waals surface area (Å²) in [5.41, 5.74) is 0.363.